The van der Waals surface area contributed by atoms with Gasteiger partial charge in [-0.3, -0.25) is 9.59 Å². The molecule has 6 heteroatoms. The lowest BCUT2D eigenvalue weighted by atomic mass is 10.1. The van der Waals surface area contributed by atoms with Crippen LogP contribution in [0.15, 0.2) is 0 Å². The SMILES string of the molecule is COC[C@H]1CN(C(=O)CNC(C)=O)CC(C)(C)O1. The summed E-state index contributed by atoms with van der Waals surface area (Å²) < 4.78 is 10.9. The van der Waals surface area contributed by atoms with Gasteiger partial charge in [0.1, 0.15) is 0 Å². The third-order valence-electron chi connectivity index (χ3n) is 2.68. The minimum absolute atomic E-state index is 0.0329. The fourth-order valence-electron chi connectivity index (χ4n) is 2.07. The molecule has 0 aromatic heterocycles. The lowest BCUT2D eigenvalue weighted by molar-refractivity contribution is -0.168. The summed E-state index contributed by atoms with van der Waals surface area (Å²) in [5.74, 6) is -0.299. The van der Waals surface area contributed by atoms with Crippen LogP contribution in [0.4, 0.5) is 0 Å². The number of nitrogens with one attached hydrogen (secondary N) is 1. The van der Waals surface area contributed by atoms with Gasteiger partial charge in [-0.25, -0.2) is 0 Å². The van der Waals surface area contributed by atoms with E-state index in [9.17, 15) is 9.59 Å². The Morgan fingerprint density at radius 1 is 1.50 bits per heavy atom. The second kappa shape index (κ2) is 6.15. The topological polar surface area (TPSA) is 67.9 Å². The van der Waals surface area contributed by atoms with Gasteiger partial charge < -0.3 is 19.7 Å². The maximum absolute atomic E-state index is 12.0. The van der Waals surface area contributed by atoms with Crippen molar-refractivity contribution in [3.05, 3.63) is 0 Å². The number of carbonyl (C=O) groups is 2. The van der Waals surface area contributed by atoms with Gasteiger partial charge in [0.25, 0.3) is 0 Å². The summed E-state index contributed by atoms with van der Waals surface area (Å²) >= 11 is 0. The largest absolute Gasteiger partial charge is 0.382 e. The van der Waals surface area contributed by atoms with E-state index in [1.54, 1.807) is 12.0 Å². The van der Waals surface area contributed by atoms with Gasteiger partial charge in [-0.15, -0.1) is 0 Å². The minimum atomic E-state index is -0.396. The molecule has 0 aromatic rings. The van der Waals surface area contributed by atoms with E-state index < -0.39 is 5.60 Å². The zero-order valence-corrected chi connectivity index (χ0v) is 11.5. The molecule has 1 atom stereocenters. The number of rotatable bonds is 4. The van der Waals surface area contributed by atoms with Crippen LogP contribution in [0, 0.1) is 0 Å². The molecule has 1 heterocycles. The Labute approximate surface area is 108 Å². The van der Waals surface area contributed by atoms with Crippen LogP contribution in [0.25, 0.3) is 0 Å². The van der Waals surface area contributed by atoms with Crippen LogP contribution >= 0.6 is 0 Å². The van der Waals surface area contributed by atoms with E-state index in [1.807, 2.05) is 13.8 Å². The lowest BCUT2D eigenvalue weighted by Crippen LogP contribution is -2.57. The number of ether oxygens (including phenoxy) is 2. The number of hydrogen-bond donors (Lipinski definition) is 1. The van der Waals surface area contributed by atoms with Crippen LogP contribution in [0.1, 0.15) is 20.8 Å². The fraction of sp³-hybridized carbons (Fsp3) is 0.833. The Morgan fingerprint density at radius 3 is 2.72 bits per heavy atom. The summed E-state index contributed by atoms with van der Waals surface area (Å²) in [6.45, 7) is 6.77. The Morgan fingerprint density at radius 2 is 2.17 bits per heavy atom. The highest BCUT2D eigenvalue weighted by atomic mass is 16.5. The summed E-state index contributed by atoms with van der Waals surface area (Å²) in [6.07, 6.45) is -0.125. The fourth-order valence-corrected chi connectivity index (χ4v) is 2.07. The minimum Gasteiger partial charge on any atom is -0.382 e. The first-order valence-electron chi connectivity index (χ1n) is 6.03. The van der Waals surface area contributed by atoms with Crippen LogP contribution in [-0.2, 0) is 19.1 Å². The van der Waals surface area contributed by atoms with Gasteiger partial charge in [-0.05, 0) is 13.8 Å². The van der Waals surface area contributed by atoms with Crippen molar-refractivity contribution in [3.8, 4) is 0 Å². The van der Waals surface area contributed by atoms with Crippen LogP contribution in [0.5, 0.6) is 0 Å². The van der Waals surface area contributed by atoms with Gasteiger partial charge in [0.2, 0.25) is 11.8 Å². The molecule has 1 fully saturated rings. The van der Waals surface area contributed by atoms with Crippen molar-refractivity contribution in [3.63, 3.8) is 0 Å². The molecule has 0 saturated carbocycles. The first kappa shape index (κ1) is 14.9. The van der Waals surface area contributed by atoms with Gasteiger partial charge in [-0.2, -0.15) is 0 Å². The quantitative estimate of drug-likeness (QED) is 0.756. The molecule has 1 saturated heterocycles. The molecule has 2 amide bonds. The number of morpholine rings is 1. The van der Waals surface area contributed by atoms with E-state index in [0.29, 0.717) is 19.7 Å². The van der Waals surface area contributed by atoms with Crippen molar-refractivity contribution in [2.45, 2.75) is 32.5 Å². The number of methoxy groups -OCH3 is 1. The molecule has 1 rings (SSSR count). The molecule has 1 aliphatic heterocycles. The number of carbonyl (C=O) groups excluding carboxylic acids is 2. The Kier molecular flexibility index (Phi) is 5.10. The summed E-state index contributed by atoms with van der Waals surface area (Å²) in [4.78, 5) is 24.5. The maximum atomic E-state index is 12.0. The second-order valence-electron chi connectivity index (χ2n) is 5.14. The number of nitrogens with zero attached hydrogens (tertiary/aromatic N) is 1. The van der Waals surface area contributed by atoms with Crippen molar-refractivity contribution < 1.29 is 19.1 Å². The number of hydrogen-bond acceptors (Lipinski definition) is 4. The van der Waals surface area contributed by atoms with Crippen LogP contribution in [-0.4, -0.2) is 61.8 Å². The Balaban J connectivity index is 2.58. The van der Waals surface area contributed by atoms with E-state index in [4.69, 9.17) is 9.47 Å². The summed E-state index contributed by atoms with van der Waals surface area (Å²) in [7, 11) is 1.61. The predicted octanol–water partition coefficient (Wildman–Crippen LogP) is -0.225. The van der Waals surface area contributed by atoms with Crippen LogP contribution in [0.2, 0.25) is 0 Å². The zero-order chi connectivity index (χ0) is 13.8. The van der Waals surface area contributed by atoms with Gasteiger partial charge in [0, 0.05) is 27.1 Å². The highest BCUT2D eigenvalue weighted by Gasteiger charge is 2.35. The van der Waals surface area contributed by atoms with Gasteiger partial charge in [0.05, 0.1) is 24.9 Å². The van der Waals surface area contributed by atoms with Crippen LogP contribution in [0.3, 0.4) is 0 Å². The smallest absolute Gasteiger partial charge is 0.242 e. The average molecular weight is 258 g/mol. The Hall–Kier alpha value is -1.14. The molecule has 1 aliphatic rings. The van der Waals surface area contributed by atoms with Crippen molar-refractivity contribution in [1.82, 2.24) is 10.2 Å². The molecule has 0 radical (unpaired) electrons. The lowest BCUT2D eigenvalue weighted by Gasteiger charge is -2.42. The molecule has 0 aliphatic carbocycles. The molecule has 0 aromatic carbocycles. The van der Waals surface area contributed by atoms with E-state index in [0.717, 1.165) is 0 Å². The van der Waals surface area contributed by atoms with Crippen molar-refractivity contribution in [2.75, 3.05) is 33.4 Å². The first-order chi connectivity index (χ1) is 8.34. The van der Waals surface area contributed by atoms with Gasteiger partial charge >= 0.3 is 0 Å². The molecular formula is C12H22N2O4. The standard InChI is InChI=1S/C12H22N2O4/c1-9(15)13-5-11(16)14-6-10(7-17-4)18-12(2,3)8-14/h10H,5-8H2,1-4H3,(H,13,15)/t10-/m1/s1. The predicted molar refractivity (Wildman–Crippen MR) is 66.1 cm³/mol. The average Bonchev–Trinajstić information content (AvgIpc) is 2.24. The molecule has 0 spiro atoms. The third-order valence-corrected chi connectivity index (χ3v) is 2.68. The molecule has 0 unspecified atom stereocenters. The molecule has 18 heavy (non-hydrogen) atoms. The van der Waals surface area contributed by atoms with E-state index in [1.165, 1.54) is 6.92 Å². The summed E-state index contributed by atoms with van der Waals surface area (Å²) in [5, 5.41) is 2.51. The zero-order valence-electron chi connectivity index (χ0n) is 11.5. The highest BCUT2D eigenvalue weighted by Crippen LogP contribution is 2.21. The first-order valence-corrected chi connectivity index (χ1v) is 6.03. The molecule has 6 nitrogen and oxygen atoms in total. The summed E-state index contributed by atoms with van der Waals surface area (Å²) in [6, 6.07) is 0. The van der Waals surface area contributed by atoms with Crippen LogP contribution < -0.4 is 5.32 Å². The molecule has 1 N–H and O–H groups in total. The van der Waals surface area contributed by atoms with Crippen molar-refractivity contribution in [1.29, 1.82) is 0 Å². The normalized spacial score (nSPS) is 22.7. The monoisotopic (exact) mass is 258 g/mol. The van der Waals surface area contributed by atoms with Crippen molar-refractivity contribution >= 4 is 11.8 Å². The highest BCUT2D eigenvalue weighted by molar-refractivity contribution is 5.83. The number of amides is 2. The maximum Gasteiger partial charge on any atom is 0.242 e. The molecule has 104 valence electrons. The van der Waals surface area contributed by atoms with E-state index >= 15 is 0 Å². The second-order valence-corrected chi connectivity index (χ2v) is 5.14. The van der Waals surface area contributed by atoms with Gasteiger partial charge in [-0.1, -0.05) is 0 Å². The molecule has 0 bridgehead atoms. The van der Waals surface area contributed by atoms with Gasteiger partial charge in [0.15, 0.2) is 0 Å². The van der Waals surface area contributed by atoms with Crippen molar-refractivity contribution in [2.24, 2.45) is 0 Å². The van der Waals surface area contributed by atoms with E-state index in [-0.39, 0.29) is 24.5 Å². The third kappa shape index (κ3) is 4.62. The summed E-state index contributed by atoms with van der Waals surface area (Å²) in [5.41, 5.74) is -0.396. The van der Waals surface area contributed by atoms with E-state index in [2.05, 4.69) is 5.32 Å². The molecular weight excluding hydrogens is 236 g/mol. The Bertz CT molecular complexity index is 317.